The molecule has 0 atom stereocenters. The number of hydrogen-bond acceptors (Lipinski definition) is 4. The van der Waals surface area contributed by atoms with Gasteiger partial charge in [0.1, 0.15) is 0 Å². The molecular formula is C21H28N2O4S. The van der Waals surface area contributed by atoms with E-state index < -0.39 is 10.0 Å². The Labute approximate surface area is 166 Å². The standard InChI is InChI=1S/C21H28N2O4S/c24-21(20-16-9-14-8-15(11-16)12-17(20)10-14)22-18-2-1-3-19(13-18)28(25,26)23-4-6-27-7-5-23/h1-3,13-17,20H,4-12H2,(H,22,24). The lowest BCUT2D eigenvalue weighted by atomic mass is 9.51. The van der Waals surface area contributed by atoms with Crippen LogP contribution in [-0.2, 0) is 19.6 Å². The Hall–Kier alpha value is -1.44. The molecule has 4 aliphatic carbocycles. The maximum absolute atomic E-state index is 13.1. The lowest BCUT2D eigenvalue weighted by Gasteiger charge is -2.53. The van der Waals surface area contributed by atoms with Crippen LogP contribution in [0.2, 0.25) is 0 Å². The molecule has 6 nitrogen and oxygen atoms in total. The molecule has 1 aliphatic heterocycles. The van der Waals surface area contributed by atoms with Crippen LogP contribution in [0.25, 0.3) is 0 Å². The van der Waals surface area contributed by atoms with Gasteiger partial charge in [0.2, 0.25) is 15.9 Å². The zero-order valence-electron chi connectivity index (χ0n) is 16.0. The van der Waals surface area contributed by atoms with E-state index in [4.69, 9.17) is 4.74 Å². The van der Waals surface area contributed by atoms with Crippen LogP contribution in [0.4, 0.5) is 5.69 Å². The van der Waals surface area contributed by atoms with Crippen LogP contribution in [0.15, 0.2) is 29.2 Å². The highest BCUT2D eigenvalue weighted by Gasteiger charge is 2.50. The van der Waals surface area contributed by atoms with Crippen LogP contribution in [0.5, 0.6) is 0 Å². The van der Waals surface area contributed by atoms with Crippen molar-refractivity contribution in [3.8, 4) is 0 Å². The molecule has 28 heavy (non-hydrogen) atoms. The molecule has 5 fully saturated rings. The number of morpholine rings is 1. The number of hydrogen-bond donors (Lipinski definition) is 1. The van der Waals surface area contributed by atoms with E-state index in [0.29, 0.717) is 43.8 Å². The molecular weight excluding hydrogens is 376 g/mol. The molecule has 5 aliphatic rings. The fraction of sp³-hybridized carbons (Fsp3) is 0.667. The van der Waals surface area contributed by atoms with Gasteiger partial charge in [-0.1, -0.05) is 6.07 Å². The number of rotatable bonds is 4. The van der Waals surface area contributed by atoms with Crippen LogP contribution >= 0.6 is 0 Å². The summed E-state index contributed by atoms with van der Waals surface area (Å²) < 4.78 is 32.5. The summed E-state index contributed by atoms with van der Waals surface area (Å²) in [6.07, 6.45) is 6.13. The van der Waals surface area contributed by atoms with Gasteiger partial charge in [0.25, 0.3) is 0 Å². The fourth-order valence-corrected chi connectivity index (χ4v) is 7.70. The summed E-state index contributed by atoms with van der Waals surface area (Å²) in [6, 6.07) is 6.69. The minimum Gasteiger partial charge on any atom is -0.379 e. The minimum atomic E-state index is -3.56. The first kappa shape index (κ1) is 18.6. The van der Waals surface area contributed by atoms with Crippen LogP contribution in [-0.4, -0.2) is 44.9 Å². The van der Waals surface area contributed by atoms with Crippen molar-refractivity contribution in [3.05, 3.63) is 24.3 Å². The number of carbonyl (C=O) groups is 1. The van der Waals surface area contributed by atoms with Gasteiger partial charge < -0.3 is 10.1 Å². The number of carbonyl (C=O) groups excluding carboxylic acids is 1. The number of amides is 1. The van der Waals surface area contributed by atoms with E-state index in [9.17, 15) is 13.2 Å². The fourth-order valence-electron chi connectivity index (χ4n) is 6.25. The molecule has 1 amide bonds. The molecule has 6 rings (SSSR count). The predicted octanol–water partition coefficient (Wildman–Crippen LogP) is 2.72. The Bertz CT molecular complexity index is 835. The largest absolute Gasteiger partial charge is 0.379 e. The minimum absolute atomic E-state index is 0.0784. The molecule has 1 heterocycles. The average Bonchev–Trinajstić information content (AvgIpc) is 2.68. The first-order valence-corrected chi connectivity index (χ1v) is 11.9. The second-order valence-electron chi connectivity index (χ2n) is 8.99. The van der Waals surface area contributed by atoms with Gasteiger partial charge in [-0.15, -0.1) is 0 Å². The molecule has 0 aromatic heterocycles. The molecule has 152 valence electrons. The SMILES string of the molecule is O=C(Nc1cccc(S(=O)(=O)N2CCOCC2)c1)C1C2CC3CC(C2)CC1C3. The van der Waals surface area contributed by atoms with Crippen molar-refractivity contribution in [2.24, 2.45) is 29.6 Å². The van der Waals surface area contributed by atoms with Crippen molar-refractivity contribution in [1.29, 1.82) is 0 Å². The average molecular weight is 405 g/mol. The van der Waals surface area contributed by atoms with E-state index >= 15 is 0 Å². The van der Waals surface area contributed by atoms with E-state index in [1.165, 1.54) is 36.4 Å². The lowest BCUT2D eigenvalue weighted by molar-refractivity contribution is -0.132. The third-order valence-electron chi connectivity index (χ3n) is 7.24. The molecule has 0 spiro atoms. The Morgan fingerprint density at radius 2 is 1.64 bits per heavy atom. The van der Waals surface area contributed by atoms with E-state index in [2.05, 4.69) is 5.32 Å². The van der Waals surface area contributed by atoms with Crippen LogP contribution < -0.4 is 5.32 Å². The van der Waals surface area contributed by atoms with E-state index in [1.807, 2.05) is 0 Å². The summed E-state index contributed by atoms with van der Waals surface area (Å²) in [7, 11) is -3.56. The summed E-state index contributed by atoms with van der Waals surface area (Å²) in [5.41, 5.74) is 0.577. The summed E-state index contributed by atoms with van der Waals surface area (Å²) in [5, 5.41) is 3.04. The molecule has 7 heteroatoms. The second-order valence-corrected chi connectivity index (χ2v) is 10.9. The Balaban J connectivity index is 1.32. The molecule has 1 aromatic carbocycles. The second kappa shape index (κ2) is 7.11. The van der Waals surface area contributed by atoms with Gasteiger partial charge in [-0.3, -0.25) is 4.79 Å². The topological polar surface area (TPSA) is 75.7 Å². The molecule has 1 aromatic rings. The van der Waals surface area contributed by atoms with Gasteiger partial charge in [-0.05, 0) is 74.0 Å². The number of ether oxygens (including phenoxy) is 1. The van der Waals surface area contributed by atoms with E-state index in [0.717, 1.165) is 11.8 Å². The third kappa shape index (κ3) is 3.27. The normalized spacial score (nSPS) is 35.1. The number of nitrogens with zero attached hydrogens (tertiary/aromatic N) is 1. The number of benzene rings is 1. The highest BCUT2D eigenvalue weighted by Crippen LogP contribution is 2.56. The van der Waals surface area contributed by atoms with E-state index in [1.54, 1.807) is 24.3 Å². The summed E-state index contributed by atoms with van der Waals surface area (Å²) >= 11 is 0. The van der Waals surface area contributed by atoms with Gasteiger partial charge in [0.15, 0.2) is 0 Å². The van der Waals surface area contributed by atoms with Crippen molar-refractivity contribution in [1.82, 2.24) is 4.31 Å². The number of anilines is 1. The lowest BCUT2D eigenvalue weighted by Crippen LogP contribution is -2.49. The maximum Gasteiger partial charge on any atom is 0.243 e. The molecule has 1 saturated heterocycles. The third-order valence-corrected chi connectivity index (χ3v) is 9.13. The van der Waals surface area contributed by atoms with Crippen molar-refractivity contribution >= 4 is 21.6 Å². The van der Waals surface area contributed by atoms with Gasteiger partial charge in [-0.25, -0.2) is 8.42 Å². The molecule has 1 N–H and O–H groups in total. The maximum atomic E-state index is 13.1. The summed E-state index contributed by atoms with van der Waals surface area (Å²) in [4.78, 5) is 13.3. The highest BCUT2D eigenvalue weighted by molar-refractivity contribution is 7.89. The summed E-state index contributed by atoms with van der Waals surface area (Å²) in [6.45, 7) is 1.57. The van der Waals surface area contributed by atoms with Gasteiger partial charge in [0, 0.05) is 24.7 Å². The Kier molecular flexibility index (Phi) is 4.72. The molecule has 0 radical (unpaired) electrons. The summed E-state index contributed by atoms with van der Waals surface area (Å²) in [5.74, 6) is 2.84. The Morgan fingerprint density at radius 3 is 2.29 bits per heavy atom. The zero-order valence-corrected chi connectivity index (χ0v) is 16.9. The van der Waals surface area contributed by atoms with Crippen molar-refractivity contribution in [2.75, 3.05) is 31.6 Å². The first-order chi connectivity index (χ1) is 13.5. The van der Waals surface area contributed by atoms with Gasteiger partial charge in [-0.2, -0.15) is 4.31 Å². The van der Waals surface area contributed by atoms with Gasteiger partial charge in [0.05, 0.1) is 18.1 Å². The van der Waals surface area contributed by atoms with Gasteiger partial charge >= 0.3 is 0 Å². The number of sulfonamides is 1. The smallest absolute Gasteiger partial charge is 0.243 e. The highest BCUT2D eigenvalue weighted by atomic mass is 32.2. The van der Waals surface area contributed by atoms with Crippen LogP contribution in [0.3, 0.4) is 0 Å². The monoisotopic (exact) mass is 404 g/mol. The van der Waals surface area contributed by atoms with Crippen LogP contribution in [0.1, 0.15) is 32.1 Å². The predicted molar refractivity (Wildman–Crippen MR) is 105 cm³/mol. The van der Waals surface area contributed by atoms with Crippen molar-refractivity contribution in [3.63, 3.8) is 0 Å². The first-order valence-electron chi connectivity index (χ1n) is 10.5. The molecule has 0 unspecified atom stereocenters. The molecule has 4 saturated carbocycles. The Morgan fingerprint density at radius 1 is 1.00 bits per heavy atom. The molecule has 4 bridgehead atoms. The van der Waals surface area contributed by atoms with Crippen LogP contribution in [0, 0.1) is 29.6 Å². The van der Waals surface area contributed by atoms with Crippen molar-refractivity contribution in [2.45, 2.75) is 37.0 Å². The number of nitrogens with one attached hydrogen (secondary N) is 1. The zero-order chi connectivity index (χ0) is 19.3. The van der Waals surface area contributed by atoms with E-state index in [-0.39, 0.29) is 16.7 Å². The quantitative estimate of drug-likeness (QED) is 0.837. The van der Waals surface area contributed by atoms with Crippen molar-refractivity contribution < 1.29 is 17.9 Å².